The van der Waals surface area contributed by atoms with E-state index in [0.29, 0.717) is 30.0 Å². The Morgan fingerprint density at radius 1 is 1.07 bits per heavy atom. The molecule has 7 heteroatoms. The fraction of sp³-hybridized carbons (Fsp3) is 0.350. The molecule has 0 unspecified atom stereocenters. The Morgan fingerprint density at radius 2 is 1.81 bits per heavy atom. The largest absolute Gasteiger partial charge is 0.493 e. The molecule has 0 aromatic heterocycles. The zero-order valence-corrected chi connectivity index (χ0v) is 16.2. The van der Waals surface area contributed by atoms with Crippen molar-refractivity contribution in [1.29, 1.82) is 0 Å². The summed E-state index contributed by atoms with van der Waals surface area (Å²) >= 11 is 1.37. The van der Waals surface area contributed by atoms with Gasteiger partial charge in [-0.15, -0.1) is 11.8 Å². The van der Waals surface area contributed by atoms with E-state index >= 15 is 0 Å². The van der Waals surface area contributed by atoms with Crippen molar-refractivity contribution in [3.05, 3.63) is 59.2 Å². The summed E-state index contributed by atoms with van der Waals surface area (Å²) in [5, 5.41) is -0.738. The maximum atomic E-state index is 14.3. The number of benzene rings is 2. The number of methoxy groups -OCH3 is 2. The van der Waals surface area contributed by atoms with E-state index in [2.05, 4.69) is 0 Å². The highest BCUT2D eigenvalue weighted by molar-refractivity contribution is 8.01. The molecule has 4 nitrogen and oxygen atoms in total. The summed E-state index contributed by atoms with van der Waals surface area (Å²) in [7, 11) is 3.14. The fourth-order valence-electron chi connectivity index (χ4n) is 3.13. The van der Waals surface area contributed by atoms with Crippen molar-refractivity contribution < 1.29 is 23.0 Å². The molecule has 2 atom stereocenters. The quantitative estimate of drug-likeness (QED) is 0.738. The number of hydrogen-bond acceptors (Lipinski definition) is 4. The van der Waals surface area contributed by atoms with Crippen LogP contribution in [-0.2, 0) is 11.2 Å². The third kappa shape index (κ3) is 4.03. The molecule has 2 aromatic carbocycles. The van der Waals surface area contributed by atoms with Crippen LogP contribution in [0.15, 0.2) is 36.4 Å². The van der Waals surface area contributed by atoms with Crippen LogP contribution in [-0.4, -0.2) is 36.8 Å². The van der Waals surface area contributed by atoms with Crippen LogP contribution < -0.4 is 9.47 Å². The molecule has 0 spiro atoms. The normalized spacial score (nSPS) is 19.4. The maximum absolute atomic E-state index is 14.3. The molecule has 2 aromatic rings. The van der Waals surface area contributed by atoms with Gasteiger partial charge in [-0.05, 0) is 37.1 Å². The molecular weight excluding hydrogens is 372 g/mol. The van der Waals surface area contributed by atoms with Gasteiger partial charge in [0, 0.05) is 18.2 Å². The van der Waals surface area contributed by atoms with E-state index in [0.717, 1.165) is 11.6 Å². The summed E-state index contributed by atoms with van der Waals surface area (Å²) in [6.45, 7) is 2.23. The third-order valence-corrected chi connectivity index (χ3v) is 5.94. The summed E-state index contributed by atoms with van der Waals surface area (Å²) in [4.78, 5) is 14.2. The molecule has 0 bridgehead atoms. The lowest BCUT2D eigenvalue weighted by Gasteiger charge is -2.24. The minimum atomic E-state index is -0.634. The second-order valence-electron chi connectivity index (χ2n) is 6.27. The van der Waals surface area contributed by atoms with Crippen molar-refractivity contribution >= 4 is 17.7 Å². The number of nitrogens with zero attached hydrogens (tertiary/aromatic N) is 1. The highest BCUT2D eigenvalue weighted by Gasteiger charge is 2.39. The summed E-state index contributed by atoms with van der Waals surface area (Å²) in [6, 6.07) is 9.08. The summed E-state index contributed by atoms with van der Waals surface area (Å²) in [5.41, 5.74) is 1.30. The summed E-state index contributed by atoms with van der Waals surface area (Å²) in [6.07, 6.45) is 0.582. The first-order valence-electron chi connectivity index (χ1n) is 8.56. The van der Waals surface area contributed by atoms with Crippen LogP contribution in [0, 0.1) is 11.6 Å². The van der Waals surface area contributed by atoms with Crippen LogP contribution in [0.2, 0.25) is 0 Å². The first-order chi connectivity index (χ1) is 12.9. The lowest BCUT2D eigenvalue weighted by molar-refractivity contribution is -0.129. The lowest BCUT2D eigenvalue weighted by Crippen LogP contribution is -2.32. The summed E-state index contributed by atoms with van der Waals surface area (Å²) < 4.78 is 38.0. The van der Waals surface area contributed by atoms with Crippen molar-refractivity contribution in [2.75, 3.05) is 20.8 Å². The van der Waals surface area contributed by atoms with Crippen molar-refractivity contribution in [2.24, 2.45) is 0 Å². The number of amides is 1. The predicted molar refractivity (Wildman–Crippen MR) is 101 cm³/mol. The van der Waals surface area contributed by atoms with E-state index in [-0.39, 0.29) is 11.2 Å². The molecule has 0 saturated carbocycles. The molecule has 1 saturated heterocycles. The molecule has 1 aliphatic rings. The van der Waals surface area contributed by atoms with E-state index in [1.807, 2.05) is 18.2 Å². The van der Waals surface area contributed by atoms with Gasteiger partial charge in [0.25, 0.3) is 0 Å². The van der Waals surface area contributed by atoms with Crippen LogP contribution >= 0.6 is 11.8 Å². The fourth-order valence-corrected chi connectivity index (χ4v) is 4.46. The van der Waals surface area contributed by atoms with E-state index in [1.54, 1.807) is 26.0 Å². The Kier molecular flexibility index (Phi) is 5.89. The Morgan fingerprint density at radius 3 is 2.48 bits per heavy atom. The van der Waals surface area contributed by atoms with Crippen LogP contribution in [0.4, 0.5) is 8.78 Å². The van der Waals surface area contributed by atoms with Crippen molar-refractivity contribution in [3.63, 3.8) is 0 Å². The molecular formula is C20H21F2NO3S. The Balaban J connectivity index is 1.80. The third-order valence-electron chi connectivity index (χ3n) is 4.56. The smallest absolute Gasteiger partial charge is 0.236 e. The zero-order chi connectivity index (χ0) is 19.6. The van der Waals surface area contributed by atoms with Crippen molar-refractivity contribution in [1.82, 2.24) is 4.90 Å². The number of carbonyl (C=O) groups excluding carboxylic acids is 1. The minimum absolute atomic E-state index is 0.0470. The first kappa shape index (κ1) is 19.5. The molecule has 144 valence electrons. The SMILES string of the molecule is COc1ccc(CCN2C(=O)[C@H](C)S[C@H]2c2ccc(F)cc2F)cc1OC. The highest BCUT2D eigenvalue weighted by Crippen LogP contribution is 2.43. The lowest BCUT2D eigenvalue weighted by atomic mass is 10.1. The van der Waals surface area contributed by atoms with Gasteiger partial charge in [0.05, 0.1) is 19.5 Å². The molecule has 0 radical (unpaired) electrons. The minimum Gasteiger partial charge on any atom is -0.493 e. The van der Waals surface area contributed by atoms with Crippen LogP contribution in [0.25, 0.3) is 0 Å². The van der Waals surface area contributed by atoms with E-state index < -0.39 is 17.0 Å². The summed E-state index contributed by atoms with van der Waals surface area (Å²) in [5.74, 6) is -0.0595. The Bertz CT molecular complexity index is 846. The van der Waals surface area contributed by atoms with Crippen LogP contribution in [0.1, 0.15) is 23.4 Å². The molecule has 1 heterocycles. The van der Waals surface area contributed by atoms with Crippen molar-refractivity contribution in [2.45, 2.75) is 24.0 Å². The van der Waals surface area contributed by atoms with Gasteiger partial charge >= 0.3 is 0 Å². The van der Waals surface area contributed by atoms with E-state index in [9.17, 15) is 13.6 Å². The van der Waals surface area contributed by atoms with Gasteiger partial charge in [0.1, 0.15) is 17.0 Å². The number of carbonyl (C=O) groups is 1. The number of hydrogen-bond donors (Lipinski definition) is 0. The van der Waals surface area contributed by atoms with Crippen LogP contribution in [0.5, 0.6) is 11.5 Å². The standard InChI is InChI=1S/C20H21F2NO3S/c1-12-19(24)23(20(27-12)15-6-5-14(21)11-16(15)22)9-8-13-4-7-17(25-2)18(10-13)26-3/h4-7,10-12,20H,8-9H2,1-3H3/t12-,20-/m0/s1. The van der Waals surface area contributed by atoms with E-state index in [4.69, 9.17) is 9.47 Å². The topological polar surface area (TPSA) is 38.8 Å². The van der Waals surface area contributed by atoms with Gasteiger partial charge in [0.15, 0.2) is 11.5 Å². The maximum Gasteiger partial charge on any atom is 0.236 e. The van der Waals surface area contributed by atoms with Gasteiger partial charge in [0.2, 0.25) is 5.91 Å². The highest BCUT2D eigenvalue weighted by atomic mass is 32.2. The Labute approximate surface area is 161 Å². The predicted octanol–water partition coefficient (Wildman–Crippen LogP) is 4.19. The molecule has 0 aliphatic carbocycles. The number of halogens is 2. The second kappa shape index (κ2) is 8.17. The second-order valence-corrected chi connectivity index (χ2v) is 7.69. The molecule has 1 fully saturated rings. The molecule has 3 rings (SSSR count). The Hall–Kier alpha value is -2.28. The van der Waals surface area contributed by atoms with Gasteiger partial charge in [-0.2, -0.15) is 0 Å². The average molecular weight is 393 g/mol. The monoisotopic (exact) mass is 393 g/mol. The first-order valence-corrected chi connectivity index (χ1v) is 9.50. The van der Waals surface area contributed by atoms with Gasteiger partial charge in [-0.3, -0.25) is 4.79 Å². The number of ether oxygens (including phenoxy) is 2. The van der Waals surface area contributed by atoms with Gasteiger partial charge in [-0.25, -0.2) is 8.78 Å². The molecule has 1 amide bonds. The molecule has 27 heavy (non-hydrogen) atoms. The zero-order valence-electron chi connectivity index (χ0n) is 15.4. The molecule has 1 aliphatic heterocycles. The van der Waals surface area contributed by atoms with E-state index in [1.165, 1.54) is 23.9 Å². The number of thioether (sulfide) groups is 1. The van der Waals surface area contributed by atoms with Gasteiger partial charge in [-0.1, -0.05) is 12.1 Å². The number of rotatable bonds is 6. The van der Waals surface area contributed by atoms with Crippen molar-refractivity contribution in [3.8, 4) is 11.5 Å². The molecule has 0 N–H and O–H groups in total. The van der Waals surface area contributed by atoms with Gasteiger partial charge < -0.3 is 14.4 Å². The van der Waals surface area contributed by atoms with Crippen LogP contribution in [0.3, 0.4) is 0 Å². The average Bonchev–Trinajstić information content (AvgIpc) is 2.93.